The Bertz CT molecular complexity index is 1130. The van der Waals surface area contributed by atoms with Crippen molar-refractivity contribution in [1.29, 1.82) is 0 Å². The molecule has 6 nitrogen and oxygen atoms in total. The van der Waals surface area contributed by atoms with Crippen LogP contribution in [-0.4, -0.2) is 35.0 Å². The number of carbonyl (C=O) groups excluding carboxylic acids is 1. The van der Waals surface area contributed by atoms with E-state index >= 15 is 0 Å². The van der Waals surface area contributed by atoms with Crippen LogP contribution in [0.25, 0.3) is 22.4 Å². The number of rotatable bonds is 6. The monoisotopic (exact) mass is 481 g/mol. The van der Waals surface area contributed by atoms with Crippen molar-refractivity contribution >= 4 is 18.3 Å². The van der Waals surface area contributed by atoms with Crippen LogP contribution in [0.1, 0.15) is 29.4 Å². The van der Waals surface area contributed by atoms with Crippen molar-refractivity contribution in [2.45, 2.75) is 25.2 Å². The molecule has 0 fully saturated rings. The molecule has 1 aliphatic heterocycles. The molecule has 10 heteroatoms. The van der Waals surface area contributed by atoms with Crippen molar-refractivity contribution in [1.82, 2.24) is 9.88 Å². The van der Waals surface area contributed by atoms with Gasteiger partial charge >= 0.3 is 6.36 Å². The third kappa shape index (κ3) is 5.26. The molecule has 1 aliphatic rings. The average molecular weight is 482 g/mol. The van der Waals surface area contributed by atoms with E-state index in [-0.39, 0.29) is 35.9 Å². The van der Waals surface area contributed by atoms with Crippen LogP contribution in [0.15, 0.2) is 54.6 Å². The first kappa shape index (κ1) is 24.5. The highest BCUT2D eigenvalue weighted by molar-refractivity contribution is 5.98. The maximum Gasteiger partial charge on any atom is 0.573 e. The van der Waals surface area contributed by atoms with Crippen molar-refractivity contribution < 1.29 is 27.8 Å². The first-order valence-corrected chi connectivity index (χ1v) is 10.2. The average Bonchev–Trinajstić information content (AvgIpc) is 3.15. The lowest BCUT2D eigenvalue weighted by Gasteiger charge is -2.29. The fourth-order valence-electron chi connectivity index (χ4n) is 4.05. The Hall–Kier alpha value is -3.17. The van der Waals surface area contributed by atoms with E-state index in [1.165, 1.54) is 30.3 Å². The predicted molar refractivity (Wildman–Crippen MR) is 121 cm³/mol. The van der Waals surface area contributed by atoms with E-state index in [0.29, 0.717) is 35.6 Å². The number of hydrogen-bond acceptors (Lipinski definition) is 4. The summed E-state index contributed by atoms with van der Waals surface area (Å²) in [7, 11) is 0. The highest BCUT2D eigenvalue weighted by Crippen LogP contribution is 2.41. The molecule has 0 bridgehead atoms. The molecular formula is C23H23ClF3N3O3. The van der Waals surface area contributed by atoms with Gasteiger partial charge in [0.15, 0.2) is 0 Å². The molecule has 1 atom stereocenters. The molecule has 2 heterocycles. The Morgan fingerprint density at radius 2 is 1.85 bits per heavy atom. The van der Waals surface area contributed by atoms with Gasteiger partial charge in [0.05, 0.1) is 11.7 Å². The molecule has 0 spiro atoms. The lowest BCUT2D eigenvalue weighted by Crippen LogP contribution is -2.39. The molecular weight excluding hydrogens is 459 g/mol. The van der Waals surface area contributed by atoms with Gasteiger partial charge in [-0.25, -0.2) is 0 Å². The van der Waals surface area contributed by atoms with Crippen LogP contribution in [0, 0.1) is 0 Å². The van der Waals surface area contributed by atoms with Crippen LogP contribution in [0.4, 0.5) is 13.2 Å². The summed E-state index contributed by atoms with van der Waals surface area (Å²) in [6, 6.07) is 13.8. The number of nitrogens with two attached hydrogens (primary N) is 1. The van der Waals surface area contributed by atoms with Gasteiger partial charge in [-0.3, -0.25) is 4.79 Å². The summed E-state index contributed by atoms with van der Waals surface area (Å²) in [5.74, 6) is -0.526. The lowest BCUT2D eigenvalue weighted by molar-refractivity contribution is -0.274. The summed E-state index contributed by atoms with van der Waals surface area (Å²) < 4.78 is 44.3. The van der Waals surface area contributed by atoms with Crippen LogP contribution in [0.5, 0.6) is 11.5 Å². The number of phenolic OH excluding ortho intramolecular Hbond substituents is 1. The number of phenols is 1. The first-order chi connectivity index (χ1) is 15.3. The van der Waals surface area contributed by atoms with Gasteiger partial charge in [-0.2, -0.15) is 0 Å². The molecule has 0 radical (unpaired) electrons. The second-order valence-electron chi connectivity index (χ2n) is 7.58. The Morgan fingerprint density at radius 1 is 1.12 bits per heavy atom. The standard InChI is InChI=1S/C23H22F3N3O3.ClH/c24-23(25,26)32-18-5-1-3-15(11-18)19-12-20-22(31)28-13-16(4-2-10-27)29(20)21(19)14-6-8-17(30)9-7-14;/h1,3,5-9,11-12,16,30H,2,4,10,13,27H2,(H,28,31);1H/t16-;/m0./s1. The lowest BCUT2D eigenvalue weighted by atomic mass is 10.00. The summed E-state index contributed by atoms with van der Waals surface area (Å²) >= 11 is 0. The summed E-state index contributed by atoms with van der Waals surface area (Å²) in [6.45, 7) is 0.918. The number of benzene rings is 2. The van der Waals surface area contributed by atoms with Gasteiger partial charge in [0.25, 0.3) is 5.91 Å². The molecule has 2 aromatic carbocycles. The number of hydrogen-bond donors (Lipinski definition) is 3. The van der Waals surface area contributed by atoms with Crippen LogP contribution in [0.2, 0.25) is 0 Å². The number of amides is 1. The molecule has 4 rings (SSSR count). The van der Waals surface area contributed by atoms with E-state index in [1.807, 2.05) is 4.57 Å². The Labute approximate surface area is 194 Å². The maximum absolute atomic E-state index is 12.8. The van der Waals surface area contributed by atoms with Crippen molar-refractivity contribution in [3.05, 3.63) is 60.3 Å². The Morgan fingerprint density at radius 3 is 2.52 bits per heavy atom. The van der Waals surface area contributed by atoms with Crippen molar-refractivity contribution in [2.24, 2.45) is 5.73 Å². The zero-order valence-electron chi connectivity index (χ0n) is 17.4. The number of ether oxygens (including phenoxy) is 1. The van der Waals surface area contributed by atoms with Gasteiger partial charge in [-0.1, -0.05) is 12.1 Å². The largest absolute Gasteiger partial charge is 0.573 e. The molecule has 33 heavy (non-hydrogen) atoms. The zero-order valence-corrected chi connectivity index (χ0v) is 18.2. The highest BCUT2D eigenvalue weighted by atomic mass is 35.5. The minimum Gasteiger partial charge on any atom is -0.508 e. The zero-order chi connectivity index (χ0) is 22.9. The SMILES string of the molecule is Cl.NCCC[C@H]1CNC(=O)c2cc(-c3cccc(OC(F)(F)F)c3)c(-c3ccc(O)cc3)n21. The van der Waals surface area contributed by atoms with Crippen molar-refractivity contribution in [3.63, 3.8) is 0 Å². The number of nitrogens with zero attached hydrogens (tertiary/aromatic N) is 1. The molecule has 0 saturated heterocycles. The second kappa shape index (κ2) is 9.76. The van der Waals surface area contributed by atoms with Crippen LogP contribution >= 0.6 is 12.4 Å². The number of halogens is 4. The Kier molecular flexibility index (Phi) is 7.24. The summed E-state index contributed by atoms with van der Waals surface area (Å²) in [5, 5.41) is 12.6. The van der Waals surface area contributed by atoms with E-state index in [9.17, 15) is 23.1 Å². The number of carbonyl (C=O) groups is 1. The van der Waals surface area contributed by atoms with Crippen molar-refractivity contribution in [3.8, 4) is 33.9 Å². The molecule has 4 N–H and O–H groups in total. The van der Waals surface area contributed by atoms with Gasteiger partial charge < -0.3 is 25.5 Å². The molecule has 1 amide bonds. The van der Waals surface area contributed by atoms with Crippen LogP contribution in [-0.2, 0) is 0 Å². The Balaban J connectivity index is 0.00000306. The van der Waals surface area contributed by atoms with Gasteiger partial charge in [0.2, 0.25) is 0 Å². The summed E-state index contributed by atoms with van der Waals surface area (Å²) in [6.07, 6.45) is -3.34. The molecule has 3 aromatic rings. The van der Waals surface area contributed by atoms with E-state index in [1.54, 1.807) is 24.3 Å². The normalized spacial score (nSPS) is 15.4. The van der Waals surface area contributed by atoms with Crippen LogP contribution < -0.4 is 15.8 Å². The first-order valence-electron chi connectivity index (χ1n) is 10.2. The van der Waals surface area contributed by atoms with Crippen molar-refractivity contribution in [2.75, 3.05) is 13.1 Å². The third-order valence-corrected chi connectivity index (χ3v) is 5.39. The highest BCUT2D eigenvalue weighted by Gasteiger charge is 2.32. The van der Waals surface area contributed by atoms with E-state index in [0.717, 1.165) is 18.4 Å². The number of aromatic hydroxyl groups is 1. The molecule has 1 aromatic heterocycles. The smallest absolute Gasteiger partial charge is 0.508 e. The second-order valence-corrected chi connectivity index (χ2v) is 7.58. The van der Waals surface area contributed by atoms with Gasteiger partial charge in [-0.15, -0.1) is 25.6 Å². The van der Waals surface area contributed by atoms with E-state index in [4.69, 9.17) is 5.73 Å². The number of fused-ring (bicyclic) bond motifs is 1. The predicted octanol–water partition coefficient (Wildman–Crippen LogP) is 4.87. The molecule has 0 saturated carbocycles. The van der Waals surface area contributed by atoms with Gasteiger partial charge in [0, 0.05) is 12.1 Å². The minimum atomic E-state index is -4.81. The molecule has 0 unspecified atom stereocenters. The topological polar surface area (TPSA) is 89.5 Å². The summed E-state index contributed by atoms with van der Waals surface area (Å²) in [4.78, 5) is 12.7. The minimum absolute atomic E-state index is 0. The van der Waals surface area contributed by atoms with E-state index < -0.39 is 6.36 Å². The van der Waals surface area contributed by atoms with E-state index in [2.05, 4.69) is 10.1 Å². The summed E-state index contributed by atoms with van der Waals surface area (Å²) in [5.41, 5.74) is 8.57. The fraction of sp³-hybridized carbons (Fsp3) is 0.261. The molecule has 0 aliphatic carbocycles. The van der Waals surface area contributed by atoms with Crippen LogP contribution in [0.3, 0.4) is 0 Å². The number of alkyl halides is 3. The van der Waals surface area contributed by atoms with Gasteiger partial charge in [-0.05, 0) is 73.0 Å². The third-order valence-electron chi connectivity index (χ3n) is 5.39. The number of nitrogens with one attached hydrogen (secondary N) is 1. The maximum atomic E-state index is 12.8. The quantitative estimate of drug-likeness (QED) is 0.468. The molecule has 176 valence electrons. The van der Waals surface area contributed by atoms with Gasteiger partial charge in [0.1, 0.15) is 17.2 Å². The fourth-order valence-corrected chi connectivity index (χ4v) is 4.05. The number of aromatic nitrogens is 1.